The molecule has 1 unspecified atom stereocenters. The maximum Gasteiger partial charge on any atom is 0.422 e. The molecule has 0 spiro atoms. The summed E-state index contributed by atoms with van der Waals surface area (Å²) in [7, 11) is 0.990. The Morgan fingerprint density at radius 3 is 2.10 bits per heavy atom. The molecule has 1 atom stereocenters. The molecule has 210 valence electrons. The first-order valence-electron chi connectivity index (χ1n) is 11.6. The fourth-order valence-electron chi connectivity index (χ4n) is 4.35. The lowest BCUT2D eigenvalue weighted by molar-refractivity contribution is -0.138. The normalized spacial score (nSPS) is 17.4. The second kappa shape index (κ2) is 10.5. The van der Waals surface area contributed by atoms with Crippen LogP contribution < -0.4 is 4.90 Å². The molecule has 3 aromatic rings. The third kappa shape index (κ3) is 5.48. The molecule has 1 aliphatic heterocycles. The first kappa shape index (κ1) is 28.9. The molecular weight excluding hydrogens is 564 g/mol. The van der Waals surface area contributed by atoms with Gasteiger partial charge in [0.15, 0.2) is 0 Å². The summed E-state index contributed by atoms with van der Waals surface area (Å²) >= 11 is 5.96. The monoisotopic (exact) mass is 583 g/mol. The molecule has 3 amide bonds. The number of hydrogen-bond acceptors (Lipinski definition) is 4. The number of ether oxygens (including phenoxy) is 1. The van der Waals surface area contributed by atoms with Gasteiger partial charge in [0, 0.05) is 5.56 Å². The van der Waals surface area contributed by atoms with Crippen LogP contribution in [-0.4, -0.2) is 36.5 Å². The van der Waals surface area contributed by atoms with Crippen LogP contribution in [0.2, 0.25) is 5.02 Å². The number of carbonyl (C=O) groups excluding carboxylic acids is 2. The van der Waals surface area contributed by atoms with E-state index in [1.54, 1.807) is 37.3 Å². The van der Waals surface area contributed by atoms with Crippen molar-refractivity contribution in [2.45, 2.75) is 24.7 Å². The number of hydrazone groups is 1. The lowest BCUT2D eigenvalue weighted by atomic mass is 9.76. The Morgan fingerprint density at radius 2 is 1.57 bits per heavy atom. The summed E-state index contributed by atoms with van der Waals surface area (Å²) in [4.78, 5) is 26.7. The Hall–Kier alpha value is -4.06. The number of amides is 3. The molecule has 0 saturated heterocycles. The fourth-order valence-corrected chi connectivity index (χ4v) is 4.64. The van der Waals surface area contributed by atoms with Gasteiger partial charge in [0.2, 0.25) is 0 Å². The number of nitrogens with zero attached hydrogens (tertiary/aromatic N) is 3. The molecule has 0 bridgehead atoms. The van der Waals surface area contributed by atoms with Crippen LogP contribution in [0.5, 0.6) is 0 Å². The van der Waals surface area contributed by atoms with Crippen molar-refractivity contribution < 1.29 is 40.7 Å². The smallest absolute Gasteiger partial charge is 0.422 e. The summed E-state index contributed by atoms with van der Waals surface area (Å²) in [5, 5.41) is 4.70. The number of methoxy groups -OCH3 is 1. The zero-order valence-corrected chi connectivity index (χ0v) is 21.6. The zero-order chi connectivity index (χ0) is 29.5. The maximum atomic E-state index is 13.6. The number of imide groups is 1. The molecule has 1 heterocycles. The number of halogens is 7. The first-order valence-corrected chi connectivity index (χ1v) is 11.9. The molecule has 4 rings (SSSR count). The summed E-state index contributed by atoms with van der Waals surface area (Å²) in [5.41, 5.74) is -2.32. The minimum atomic E-state index is -4.69. The summed E-state index contributed by atoms with van der Waals surface area (Å²) in [6.45, 7) is 1.54. The van der Waals surface area contributed by atoms with Crippen molar-refractivity contribution >= 4 is 35.1 Å². The number of hydrogen-bond donors (Lipinski definition) is 0. The molecule has 0 aromatic heterocycles. The second-order valence-electron chi connectivity index (χ2n) is 9.03. The lowest BCUT2D eigenvalue weighted by Crippen LogP contribution is -2.46. The van der Waals surface area contributed by atoms with Crippen LogP contribution >= 0.6 is 11.6 Å². The molecular formula is C27H20ClF6N3O3. The Kier molecular flexibility index (Phi) is 7.59. The number of carbonyl (C=O) groups is 2. The Balaban J connectivity index is 1.79. The molecule has 13 heteroatoms. The third-order valence-electron chi connectivity index (χ3n) is 6.39. The minimum absolute atomic E-state index is 0.169. The van der Waals surface area contributed by atoms with Crippen LogP contribution in [0, 0.1) is 0 Å². The van der Waals surface area contributed by atoms with Crippen molar-refractivity contribution in [2.75, 3.05) is 18.6 Å². The summed E-state index contributed by atoms with van der Waals surface area (Å²) in [5.74, 6) is 0. The lowest BCUT2D eigenvalue weighted by Gasteiger charge is -2.28. The maximum absolute atomic E-state index is 13.6. The summed E-state index contributed by atoms with van der Waals surface area (Å²) in [6, 6.07) is 14.0. The highest BCUT2D eigenvalue weighted by Gasteiger charge is 2.45. The van der Waals surface area contributed by atoms with E-state index >= 15 is 0 Å². The van der Waals surface area contributed by atoms with Crippen molar-refractivity contribution in [3.8, 4) is 0 Å². The zero-order valence-electron chi connectivity index (χ0n) is 20.8. The van der Waals surface area contributed by atoms with E-state index in [4.69, 9.17) is 16.3 Å². The van der Waals surface area contributed by atoms with Gasteiger partial charge in [0.25, 0.3) is 0 Å². The van der Waals surface area contributed by atoms with Crippen LogP contribution in [0.4, 0.5) is 41.6 Å². The number of urea groups is 1. The Morgan fingerprint density at radius 1 is 0.950 bits per heavy atom. The average molecular weight is 584 g/mol. The molecule has 1 aliphatic rings. The fraction of sp³-hybridized carbons (Fsp3) is 0.222. The van der Waals surface area contributed by atoms with Crippen LogP contribution in [0.3, 0.4) is 0 Å². The second-order valence-corrected chi connectivity index (χ2v) is 9.44. The quantitative estimate of drug-likeness (QED) is 0.296. The number of benzene rings is 3. The van der Waals surface area contributed by atoms with E-state index in [0.717, 1.165) is 36.4 Å². The molecule has 0 N–H and O–H groups in total. The van der Waals surface area contributed by atoms with Crippen LogP contribution in [0.15, 0.2) is 77.9 Å². The standard InChI is InChI=1S/C27H20ClF6N3O3/c1-25(17-6-4-3-5-7-17)15-36(35-22(25)16-8-13-20(21(28)14-16)27(32,33)34)23(38)37(24(39)40-2)19-11-9-18(10-12-19)26(29,30)31/h3-14H,15H2,1-2H3. The van der Waals surface area contributed by atoms with Crippen molar-refractivity contribution in [2.24, 2.45) is 5.10 Å². The van der Waals surface area contributed by atoms with Crippen LogP contribution in [-0.2, 0) is 22.5 Å². The largest absolute Gasteiger partial charge is 0.452 e. The van der Waals surface area contributed by atoms with Crippen LogP contribution in [0.1, 0.15) is 29.2 Å². The van der Waals surface area contributed by atoms with Gasteiger partial charge in [0.1, 0.15) is 0 Å². The predicted octanol–water partition coefficient (Wildman–Crippen LogP) is 7.75. The van der Waals surface area contributed by atoms with Gasteiger partial charge in [0.05, 0.1) is 46.6 Å². The number of anilines is 1. The molecule has 0 radical (unpaired) electrons. The van der Waals surface area contributed by atoms with Crippen LogP contribution in [0.25, 0.3) is 0 Å². The molecule has 0 aliphatic carbocycles. The number of rotatable bonds is 3. The highest BCUT2D eigenvalue weighted by molar-refractivity contribution is 6.32. The van der Waals surface area contributed by atoms with E-state index in [0.29, 0.717) is 22.6 Å². The van der Waals surface area contributed by atoms with E-state index in [2.05, 4.69) is 5.10 Å². The molecule has 40 heavy (non-hydrogen) atoms. The Bertz CT molecular complexity index is 1460. The molecule has 6 nitrogen and oxygen atoms in total. The van der Waals surface area contributed by atoms with Gasteiger partial charge in [-0.15, -0.1) is 0 Å². The van der Waals surface area contributed by atoms with Crippen molar-refractivity contribution in [1.29, 1.82) is 0 Å². The van der Waals surface area contributed by atoms with Gasteiger partial charge < -0.3 is 4.74 Å². The predicted molar refractivity (Wildman–Crippen MR) is 135 cm³/mol. The summed E-state index contributed by atoms with van der Waals surface area (Å²) in [6.07, 6.45) is -10.5. The van der Waals surface area contributed by atoms with E-state index in [1.165, 1.54) is 6.07 Å². The minimum Gasteiger partial charge on any atom is -0.452 e. The van der Waals surface area contributed by atoms with Crippen molar-refractivity contribution in [1.82, 2.24) is 5.01 Å². The third-order valence-corrected chi connectivity index (χ3v) is 6.70. The molecule has 0 fully saturated rings. The van der Waals surface area contributed by atoms with Crippen molar-refractivity contribution in [3.63, 3.8) is 0 Å². The van der Waals surface area contributed by atoms with Crippen molar-refractivity contribution in [3.05, 3.63) is 100 Å². The van der Waals surface area contributed by atoms with E-state index in [9.17, 15) is 35.9 Å². The van der Waals surface area contributed by atoms with Gasteiger partial charge in [-0.3, -0.25) is 0 Å². The first-order chi connectivity index (χ1) is 18.7. The van der Waals surface area contributed by atoms with Gasteiger partial charge in [-0.05, 0) is 48.9 Å². The van der Waals surface area contributed by atoms with Gasteiger partial charge >= 0.3 is 24.5 Å². The molecule has 0 saturated carbocycles. The highest BCUT2D eigenvalue weighted by atomic mass is 35.5. The van der Waals surface area contributed by atoms with Gasteiger partial charge in [-0.25, -0.2) is 14.6 Å². The SMILES string of the molecule is COC(=O)N(C(=O)N1CC(C)(c2ccccc2)C(c2ccc(C(F)(F)F)c(Cl)c2)=N1)c1ccc(C(F)(F)F)cc1. The van der Waals surface area contributed by atoms with Gasteiger partial charge in [-0.2, -0.15) is 36.3 Å². The van der Waals surface area contributed by atoms with E-state index in [1.807, 2.05) is 0 Å². The van der Waals surface area contributed by atoms with Gasteiger partial charge in [-0.1, -0.05) is 48.0 Å². The highest BCUT2D eigenvalue weighted by Crippen LogP contribution is 2.40. The number of alkyl halides is 6. The van der Waals surface area contributed by atoms with E-state index < -0.39 is 46.0 Å². The average Bonchev–Trinajstić information content (AvgIpc) is 3.27. The topological polar surface area (TPSA) is 62.2 Å². The molecule has 3 aromatic carbocycles. The van der Waals surface area contributed by atoms with E-state index in [-0.39, 0.29) is 23.5 Å². The Labute approximate surface area is 229 Å². The summed E-state index contributed by atoms with van der Waals surface area (Å²) < 4.78 is 83.8.